The number of aryl methyl sites for hydroxylation is 1. The average molecular weight is 225 g/mol. The Balaban J connectivity index is 2.34. The van der Waals surface area contributed by atoms with Crippen molar-refractivity contribution >= 4 is 17.4 Å². The van der Waals surface area contributed by atoms with Crippen LogP contribution in [0, 0.1) is 6.92 Å². The van der Waals surface area contributed by atoms with Crippen LogP contribution in [0.25, 0.3) is 0 Å². The Bertz CT molecular complexity index is 302. The molecule has 15 heavy (non-hydrogen) atoms. The van der Waals surface area contributed by atoms with Gasteiger partial charge in [-0.1, -0.05) is 12.1 Å². The molecule has 0 saturated carbocycles. The topological polar surface area (TPSA) is 35.2 Å². The lowest BCUT2D eigenvalue weighted by molar-refractivity contribution is 0.149. The maximum atomic E-state index is 5.97. The number of hydrogen-bond acceptors (Lipinski definition) is 3. The molecular weight excluding hydrogens is 206 g/mol. The van der Waals surface area contributed by atoms with Gasteiger partial charge in [0.2, 0.25) is 0 Å². The van der Waals surface area contributed by atoms with Crippen molar-refractivity contribution in [1.82, 2.24) is 0 Å². The first-order valence-corrected chi connectivity index (χ1v) is 6.30. The molecule has 84 valence electrons. The molecule has 2 N–H and O–H groups in total. The second kappa shape index (κ2) is 6.75. The van der Waals surface area contributed by atoms with Crippen LogP contribution < -0.4 is 5.73 Å². The van der Waals surface area contributed by atoms with Gasteiger partial charge in [0.25, 0.3) is 0 Å². The van der Waals surface area contributed by atoms with Crippen LogP contribution in [0.5, 0.6) is 0 Å². The lowest BCUT2D eigenvalue weighted by Gasteiger charge is -2.07. The van der Waals surface area contributed by atoms with Gasteiger partial charge >= 0.3 is 0 Å². The number of benzene rings is 1. The van der Waals surface area contributed by atoms with E-state index in [0.717, 1.165) is 36.6 Å². The summed E-state index contributed by atoms with van der Waals surface area (Å²) in [6.45, 7) is 5.71. The monoisotopic (exact) mass is 225 g/mol. The first-order chi connectivity index (χ1) is 7.25. The first kappa shape index (κ1) is 12.4. The zero-order valence-electron chi connectivity index (χ0n) is 9.45. The molecule has 0 aliphatic rings. The third kappa shape index (κ3) is 4.14. The van der Waals surface area contributed by atoms with Crippen LogP contribution in [-0.2, 0) is 4.74 Å². The molecule has 2 nitrogen and oxygen atoms in total. The summed E-state index contributed by atoms with van der Waals surface area (Å²) < 4.78 is 5.28. The van der Waals surface area contributed by atoms with Gasteiger partial charge in [0.1, 0.15) is 0 Å². The molecule has 0 bridgehead atoms. The molecule has 0 aliphatic carbocycles. The summed E-state index contributed by atoms with van der Waals surface area (Å²) in [6.07, 6.45) is 1.08. The second-order valence-corrected chi connectivity index (χ2v) is 4.52. The van der Waals surface area contributed by atoms with Crippen molar-refractivity contribution in [1.29, 1.82) is 0 Å². The predicted octanol–water partition coefficient (Wildman–Crippen LogP) is 3.10. The zero-order chi connectivity index (χ0) is 11.1. The zero-order valence-corrected chi connectivity index (χ0v) is 10.3. The van der Waals surface area contributed by atoms with Crippen LogP contribution >= 0.6 is 11.8 Å². The van der Waals surface area contributed by atoms with Gasteiger partial charge < -0.3 is 10.5 Å². The van der Waals surface area contributed by atoms with Gasteiger partial charge in [0.05, 0.1) is 0 Å². The molecule has 3 heteroatoms. The molecule has 0 spiro atoms. The van der Waals surface area contributed by atoms with Crippen molar-refractivity contribution in [2.75, 3.05) is 24.7 Å². The van der Waals surface area contributed by atoms with Gasteiger partial charge in [0, 0.05) is 29.5 Å². The van der Waals surface area contributed by atoms with E-state index in [0.29, 0.717) is 0 Å². The summed E-state index contributed by atoms with van der Waals surface area (Å²) in [4.78, 5) is 1.19. The van der Waals surface area contributed by atoms with Gasteiger partial charge in [0.15, 0.2) is 0 Å². The van der Waals surface area contributed by atoms with E-state index in [-0.39, 0.29) is 0 Å². The quantitative estimate of drug-likeness (QED) is 0.459. The number of rotatable bonds is 6. The fourth-order valence-corrected chi connectivity index (χ4v) is 2.24. The molecule has 0 saturated heterocycles. The highest BCUT2D eigenvalue weighted by Gasteiger charge is 2.01. The summed E-state index contributed by atoms with van der Waals surface area (Å²) >= 11 is 1.81. The van der Waals surface area contributed by atoms with Crippen molar-refractivity contribution in [3.8, 4) is 0 Å². The maximum Gasteiger partial charge on any atom is 0.0481 e. The van der Waals surface area contributed by atoms with E-state index in [1.807, 2.05) is 19.9 Å². The third-order valence-electron chi connectivity index (χ3n) is 2.18. The van der Waals surface area contributed by atoms with E-state index < -0.39 is 0 Å². The second-order valence-electron chi connectivity index (χ2n) is 3.39. The number of nitrogens with two attached hydrogens (primary N) is 1. The van der Waals surface area contributed by atoms with E-state index in [9.17, 15) is 0 Å². The van der Waals surface area contributed by atoms with E-state index in [1.54, 1.807) is 11.8 Å². The smallest absolute Gasteiger partial charge is 0.0481 e. The third-order valence-corrected chi connectivity index (χ3v) is 3.34. The Morgan fingerprint density at radius 3 is 2.93 bits per heavy atom. The van der Waals surface area contributed by atoms with Gasteiger partial charge in [-0.2, -0.15) is 0 Å². The number of nitrogen functional groups attached to an aromatic ring is 1. The SMILES string of the molecule is CCOCCCSc1cccc(C)c1N. The van der Waals surface area contributed by atoms with Gasteiger partial charge in [-0.05, 0) is 31.9 Å². The van der Waals surface area contributed by atoms with E-state index >= 15 is 0 Å². The Morgan fingerprint density at radius 1 is 1.40 bits per heavy atom. The maximum absolute atomic E-state index is 5.97. The fourth-order valence-electron chi connectivity index (χ4n) is 1.27. The number of hydrogen-bond donors (Lipinski definition) is 1. The molecule has 1 rings (SSSR count). The number of anilines is 1. The largest absolute Gasteiger partial charge is 0.398 e. The lowest BCUT2D eigenvalue weighted by Crippen LogP contribution is -1.96. The predicted molar refractivity (Wildman–Crippen MR) is 67.4 cm³/mol. The Kier molecular flexibility index (Phi) is 5.58. The molecule has 0 fully saturated rings. The normalized spacial score (nSPS) is 10.5. The summed E-state index contributed by atoms with van der Waals surface area (Å²) in [5.41, 5.74) is 8.04. The molecule has 0 aromatic heterocycles. The highest BCUT2D eigenvalue weighted by Crippen LogP contribution is 2.27. The number of ether oxygens (including phenoxy) is 1. The van der Waals surface area contributed by atoms with Crippen LogP contribution in [0.1, 0.15) is 18.9 Å². The van der Waals surface area contributed by atoms with Crippen molar-refractivity contribution < 1.29 is 4.74 Å². The fraction of sp³-hybridized carbons (Fsp3) is 0.500. The van der Waals surface area contributed by atoms with Gasteiger partial charge in [-0.25, -0.2) is 0 Å². The molecule has 1 aromatic rings. The first-order valence-electron chi connectivity index (χ1n) is 5.31. The summed E-state index contributed by atoms with van der Waals surface area (Å²) in [5.74, 6) is 1.06. The minimum absolute atomic E-state index is 0.803. The molecule has 0 radical (unpaired) electrons. The Hall–Kier alpha value is -0.670. The average Bonchev–Trinajstić information content (AvgIpc) is 2.24. The van der Waals surface area contributed by atoms with Crippen LogP contribution in [0.4, 0.5) is 5.69 Å². The van der Waals surface area contributed by atoms with Crippen molar-refractivity contribution in [3.63, 3.8) is 0 Å². The van der Waals surface area contributed by atoms with Crippen molar-refractivity contribution in [2.45, 2.75) is 25.2 Å². The van der Waals surface area contributed by atoms with E-state index in [1.165, 1.54) is 4.90 Å². The Labute approximate surface area is 96.2 Å². The lowest BCUT2D eigenvalue weighted by atomic mass is 10.2. The van der Waals surface area contributed by atoms with Crippen LogP contribution in [-0.4, -0.2) is 19.0 Å². The summed E-state index contributed by atoms with van der Waals surface area (Å²) in [7, 11) is 0. The highest BCUT2D eigenvalue weighted by molar-refractivity contribution is 7.99. The molecule has 1 aromatic carbocycles. The Morgan fingerprint density at radius 2 is 2.20 bits per heavy atom. The minimum Gasteiger partial charge on any atom is -0.398 e. The number of thioether (sulfide) groups is 1. The van der Waals surface area contributed by atoms with E-state index in [4.69, 9.17) is 10.5 Å². The highest BCUT2D eigenvalue weighted by atomic mass is 32.2. The number of para-hydroxylation sites is 1. The van der Waals surface area contributed by atoms with E-state index in [2.05, 4.69) is 12.1 Å². The molecular formula is C12H19NOS. The van der Waals surface area contributed by atoms with Crippen LogP contribution in [0.2, 0.25) is 0 Å². The summed E-state index contributed by atoms with van der Waals surface area (Å²) in [5, 5.41) is 0. The molecule has 0 unspecified atom stereocenters. The molecule has 0 amide bonds. The van der Waals surface area contributed by atoms with Gasteiger partial charge in [-0.3, -0.25) is 0 Å². The summed E-state index contributed by atoms with van der Waals surface area (Å²) in [6, 6.07) is 6.17. The van der Waals surface area contributed by atoms with Crippen molar-refractivity contribution in [3.05, 3.63) is 23.8 Å². The van der Waals surface area contributed by atoms with Crippen LogP contribution in [0.15, 0.2) is 23.1 Å². The van der Waals surface area contributed by atoms with Crippen molar-refractivity contribution in [2.24, 2.45) is 0 Å². The molecule has 0 aliphatic heterocycles. The minimum atomic E-state index is 0.803. The molecule has 0 atom stereocenters. The van der Waals surface area contributed by atoms with Crippen LogP contribution in [0.3, 0.4) is 0 Å². The molecule has 0 heterocycles. The van der Waals surface area contributed by atoms with Gasteiger partial charge in [-0.15, -0.1) is 11.8 Å². The standard InChI is InChI=1S/C12H19NOS/c1-3-14-8-5-9-15-11-7-4-6-10(2)12(11)13/h4,6-7H,3,5,8-9,13H2,1-2H3.